The number of aromatic nitrogens is 1. The number of pyridine rings is 1. The third kappa shape index (κ3) is 6.55. The third-order valence-corrected chi connectivity index (χ3v) is 3.79. The molecule has 5 heteroatoms. The van der Waals surface area contributed by atoms with Gasteiger partial charge in [-0.2, -0.15) is 0 Å². The summed E-state index contributed by atoms with van der Waals surface area (Å²) in [7, 11) is 0. The Balaban J connectivity index is 2.06. The number of hydrogen-bond acceptors (Lipinski definition) is 3. The molecule has 25 heavy (non-hydrogen) atoms. The largest absolute Gasteiger partial charge is 0.377 e. The molecule has 5 nitrogen and oxygen atoms in total. The van der Waals surface area contributed by atoms with Crippen molar-refractivity contribution in [1.82, 2.24) is 15.2 Å². The van der Waals surface area contributed by atoms with Crippen LogP contribution in [-0.4, -0.2) is 35.2 Å². The number of rotatable bonds is 8. The Bertz CT molecular complexity index is 661. The summed E-state index contributed by atoms with van der Waals surface area (Å²) in [5.74, 6) is 0. The summed E-state index contributed by atoms with van der Waals surface area (Å²) in [5.41, 5.74) is 2.91. The molecule has 0 saturated carbocycles. The Morgan fingerprint density at radius 3 is 2.60 bits per heavy atom. The molecule has 1 aromatic heterocycles. The monoisotopic (exact) mass is 341 g/mol. The highest BCUT2D eigenvalue weighted by Gasteiger charge is 2.16. The second-order valence-corrected chi connectivity index (χ2v) is 6.06. The lowest BCUT2D eigenvalue weighted by Crippen LogP contribution is -2.42. The van der Waals surface area contributed by atoms with E-state index in [0.29, 0.717) is 26.2 Å². The van der Waals surface area contributed by atoms with E-state index in [4.69, 9.17) is 4.74 Å². The quantitative estimate of drug-likeness (QED) is 0.799. The van der Waals surface area contributed by atoms with Crippen LogP contribution in [0.5, 0.6) is 0 Å². The van der Waals surface area contributed by atoms with Crippen molar-refractivity contribution in [3.8, 4) is 0 Å². The van der Waals surface area contributed by atoms with E-state index in [-0.39, 0.29) is 12.1 Å². The molecule has 0 aliphatic heterocycles. The topological polar surface area (TPSA) is 54.5 Å². The Labute approximate surface area is 150 Å². The molecular weight excluding hydrogens is 314 g/mol. The van der Waals surface area contributed by atoms with Crippen LogP contribution in [0.25, 0.3) is 0 Å². The molecule has 0 bridgehead atoms. The van der Waals surface area contributed by atoms with Crippen LogP contribution in [0.2, 0.25) is 0 Å². The smallest absolute Gasteiger partial charge is 0.318 e. The van der Waals surface area contributed by atoms with Crippen molar-refractivity contribution in [2.24, 2.45) is 0 Å². The van der Waals surface area contributed by atoms with Gasteiger partial charge in [-0.15, -0.1) is 0 Å². The number of aryl methyl sites for hydroxylation is 1. The van der Waals surface area contributed by atoms with Crippen molar-refractivity contribution in [3.63, 3.8) is 0 Å². The van der Waals surface area contributed by atoms with E-state index in [1.54, 1.807) is 4.90 Å². The first-order chi connectivity index (χ1) is 12.1. The average Bonchev–Trinajstić information content (AvgIpc) is 2.60. The van der Waals surface area contributed by atoms with Crippen molar-refractivity contribution in [1.29, 1.82) is 0 Å². The molecule has 0 fully saturated rings. The van der Waals surface area contributed by atoms with E-state index in [1.807, 2.05) is 69.3 Å². The predicted molar refractivity (Wildman–Crippen MR) is 99.1 cm³/mol. The van der Waals surface area contributed by atoms with Crippen LogP contribution >= 0.6 is 0 Å². The lowest BCUT2D eigenvalue weighted by Gasteiger charge is -2.24. The van der Waals surface area contributed by atoms with Crippen molar-refractivity contribution in [3.05, 3.63) is 65.5 Å². The SMILES string of the molecule is CCOC(C)CNC(=O)N(Cc1ccccc1)Cc1cccc(C)n1. The normalized spacial score (nSPS) is 11.8. The molecule has 0 saturated heterocycles. The van der Waals surface area contributed by atoms with Gasteiger partial charge >= 0.3 is 6.03 Å². The maximum Gasteiger partial charge on any atom is 0.318 e. The molecule has 1 unspecified atom stereocenters. The molecule has 1 atom stereocenters. The van der Waals surface area contributed by atoms with Gasteiger partial charge in [0.1, 0.15) is 0 Å². The lowest BCUT2D eigenvalue weighted by atomic mass is 10.2. The van der Waals surface area contributed by atoms with Crippen LogP contribution in [0.1, 0.15) is 30.8 Å². The number of carbonyl (C=O) groups excluding carboxylic acids is 1. The summed E-state index contributed by atoms with van der Waals surface area (Å²) in [4.78, 5) is 19.0. The molecule has 2 aromatic rings. The fourth-order valence-corrected chi connectivity index (χ4v) is 2.57. The van der Waals surface area contributed by atoms with Gasteiger partial charge in [-0.05, 0) is 38.5 Å². The molecule has 2 amide bonds. The van der Waals surface area contributed by atoms with Crippen LogP contribution in [0.4, 0.5) is 4.79 Å². The maximum absolute atomic E-state index is 12.7. The van der Waals surface area contributed by atoms with Gasteiger partial charge in [0.2, 0.25) is 0 Å². The molecule has 0 spiro atoms. The highest BCUT2D eigenvalue weighted by Crippen LogP contribution is 2.10. The number of carbonyl (C=O) groups is 1. The fraction of sp³-hybridized carbons (Fsp3) is 0.400. The van der Waals surface area contributed by atoms with Gasteiger partial charge in [-0.25, -0.2) is 4.79 Å². The van der Waals surface area contributed by atoms with Gasteiger partial charge in [-0.3, -0.25) is 4.98 Å². The van der Waals surface area contributed by atoms with Crippen molar-refractivity contribution in [2.75, 3.05) is 13.2 Å². The number of benzene rings is 1. The molecule has 2 rings (SSSR count). The van der Waals surface area contributed by atoms with E-state index in [2.05, 4.69) is 10.3 Å². The van der Waals surface area contributed by atoms with Crippen molar-refractivity contribution in [2.45, 2.75) is 40.0 Å². The number of nitrogens with one attached hydrogen (secondary N) is 1. The Kier molecular flexibility index (Phi) is 7.41. The lowest BCUT2D eigenvalue weighted by molar-refractivity contribution is 0.0758. The molecular formula is C20H27N3O2. The molecule has 134 valence electrons. The minimum Gasteiger partial charge on any atom is -0.377 e. The number of hydrogen-bond donors (Lipinski definition) is 1. The third-order valence-electron chi connectivity index (χ3n) is 3.79. The average molecular weight is 341 g/mol. The molecule has 1 heterocycles. The van der Waals surface area contributed by atoms with Gasteiger partial charge in [0.25, 0.3) is 0 Å². The number of nitrogens with zero attached hydrogens (tertiary/aromatic N) is 2. The Hall–Kier alpha value is -2.40. The molecule has 1 N–H and O–H groups in total. The van der Waals surface area contributed by atoms with Crippen molar-refractivity contribution < 1.29 is 9.53 Å². The number of urea groups is 1. The van der Waals surface area contributed by atoms with Crippen LogP contribution in [0.3, 0.4) is 0 Å². The van der Waals surface area contributed by atoms with Gasteiger partial charge in [-0.1, -0.05) is 36.4 Å². The van der Waals surface area contributed by atoms with Gasteiger partial charge in [0.05, 0.1) is 18.3 Å². The second-order valence-electron chi connectivity index (χ2n) is 6.06. The Morgan fingerprint density at radius 2 is 1.92 bits per heavy atom. The summed E-state index contributed by atoms with van der Waals surface area (Å²) in [6, 6.07) is 15.7. The summed E-state index contributed by atoms with van der Waals surface area (Å²) in [6.07, 6.45) is -0.00961. The predicted octanol–water partition coefficient (Wildman–Crippen LogP) is 3.53. The molecule has 1 aromatic carbocycles. The molecule has 0 radical (unpaired) electrons. The highest BCUT2D eigenvalue weighted by molar-refractivity contribution is 5.74. The summed E-state index contributed by atoms with van der Waals surface area (Å²) < 4.78 is 5.48. The van der Waals surface area contributed by atoms with Crippen LogP contribution in [-0.2, 0) is 17.8 Å². The van der Waals surface area contributed by atoms with Crippen LogP contribution in [0, 0.1) is 6.92 Å². The van der Waals surface area contributed by atoms with E-state index in [1.165, 1.54) is 0 Å². The van der Waals surface area contributed by atoms with E-state index < -0.39 is 0 Å². The zero-order valence-electron chi connectivity index (χ0n) is 15.2. The van der Waals surface area contributed by atoms with Crippen molar-refractivity contribution >= 4 is 6.03 Å². The van der Waals surface area contributed by atoms with E-state index in [9.17, 15) is 4.79 Å². The van der Waals surface area contributed by atoms with Gasteiger partial charge < -0.3 is 15.0 Å². The first-order valence-electron chi connectivity index (χ1n) is 8.69. The fourth-order valence-electron chi connectivity index (χ4n) is 2.57. The zero-order valence-corrected chi connectivity index (χ0v) is 15.2. The van der Waals surface area contributed by atoms with E-state index >= 15 is 0 Å². The summed E-state index contributed by atoms with van der Waals surface area (Å²) in [5, 5.41) is 2.96. The minimum atomic E-state index is -0.112. The second kappa shape index (κ2) is 9.79. The number of ether oxygens (including phenoxy) is 1. The Morgan fingerprint density at radius 1 is 1.16 bits per heavy atom. The van der Waals surface area contributed by atoms with Crippen LogP contribution < -0.4 is 5.32 Å². The zero-order chi connectivity index (χ0) is 18.1. The van der Waals surface area contributed by atoms with Gasteiger partial charge in [0.15, 0.2) is 0 Å². The molecule has 0 aliphatic rings. The summed E-state index contributed by atoms with van der Waals surface area (Å²) >= 11 is 0. The standard InChI is InChI=1S/C20H27N3O2/c1-4-25-17(3)13-21-20(24)23(14-18-10-6-5-7-11-18)15-19-12-8-9-16(2)22-19/h5-12,17H,4,13-15H2,1-3H3,(H,21,24). The van der Waals surface area contributed by atoms with Gasteiger partial charge in [0, 0.05) is 25.4 Å². The minimum absolute atomic E-state index is 0.00961. The summed E-state index contributed by atoms with van der Waals surface area (Å²) in [6.45, 7) is 7.97. The maximum atomic E-state index is 12.7. The highest BCUT2D eigenvalue weighted by atomic mass is 16.5. The molecule has 0 aliphatic carbocycles. The number of amides is 2. The first kappa shape index (κ1) is 18.9. The van der Waals surface area contributed by atoms with Crippen LogP contribution in [0.15, 0.2) is 48.5 Å². The van der Waals surface area contributed by atoms with E-state index in [0.717, 1.165) is 17.0 Å². The first-order valence-corrected chi connectivity index (χ1v) is 8.69.